The molecule has 0 bridgehead atoms. The highest BCUT2D eigenvalue weighted by Crippen LogP contribution is 2.34. The number of aryl methyl sites for hydroxylation is 1. The second kappa shape index (κ2) is 9.27. The third-order valence-corrected chi connectivity index (χ3v) is 5.49. The van der Waals surface area contributed by atoms with Gasteiger partial charge in [0, 0.05) is 30.3 Å². The maximum absolute atomic E-state index is 14.2. The number of aromatic nitrogens is 3. The molecule has 1 aliphatic rings. The Morgan fingerprint density at radius 3 is 2.47 bits per heavy atom. The van der Waals surface area contributed by atoms with Gasteiger partial charge >= 0.3 is 12.3 Å². The molecule has 1 saturated heterocycles. The fraction of sp³-hybridized carbons (Fsp3) is 0.522. The molecule has 0 aliphatic carbocycles. The summed E-state index contributed by atoms with van der Waals surface area (Å²) in [7, 11) is 0. The number of rotatable bonds is 5. The van der Waals surface area contributed by atoms with Crippen molar-refractivity contribution in [2.75, 3.05) is 6.54 Å². The van der Waals surface area contributed by atoms with Crippen LogP contribution < -0.4 is 0 Å². The van der Waals surface area contributed by atoms with E-state index in [-0.39, 0.29) is 31.6 Å². The number of likely N-dealkylation sites (tertiary alicyclic amines) is 1. The van der Waals surface area contributed by atoms with Gasteiger partial charge in [-0.3, -0.25) is 14.7 Å². The van der Waals surface area contributed by atoms with Crippen LogP contribution >= 0.6 is 0 Å². The van der Waals surface area contributed by atoms with Crippen molar-refractivity contribution < 1.29 is 31.9 Å². The van der Waals surface area contributed by atoms with E-state index in [1.807, 2.05) is 0 Å². The SMILES string of the molecule is CC(C)(C)OC(=O)N1C[C@H](F)C[C@@]1(C)C(=O)CCc1cc(-c2ccc(C(F)(F)F)nc2)ncn1. The summed E-state index contributed by atoms with van der Waals surface area (Å²) in [6, 6.07) is 3.67. The molecule has 3 heterocycles. The van der Waals surface area contributed by atoms with Gasteiger partial charge in [-0.25, -0.2) is 19.2 Å². The van der Waals surface area contributed by atoms with Gasteiger partial charge in [-0.1, -0.05) is 0 Å². The van der Waals surface area contributed by atoms with Gasteiger partial charge in [-0.2, -0.15) is 13.2 Å². The van der Waals surface area contributed by atoms with Crippen molar-refractivity contribution >= 4 is 11.9 Å². The van der Waals surface area contributed by atoms with E-state index < -0.39 is 35.3 Å². The van der Waals surface area contributed by atoms with E-state index in [1.165, 1.54) is 19.3 Å². The summed E-state index contributed by atoms with van der Waals surface area (Å²) in [4.78, 5) is 38.4. The molecule has 1 aliphatic heterocycles. The Morgan fingerprint density at radius 1 is 1.18 bits per heavy atom. The van der Waals surface area contributed by atoms with Crippen molar-refractivity contribution in [1.29, 1.82) is 0 Å². The van der Waals surface area contributed by atoms with Crippen LogP contribution in [-0.2, 0) is 22.1 Å². The van der Waals surface area contributed by atoms with Gasteiger partial charge in [0.15, 0.2) is 5.78 Å². The molecule has 0 radical (unpaired) electrons. The Balaban J connectivity index is 1.71. The fourth-order valence-electron chi connectivity index (χ4n) is 3.78. The molecule has 0 spiro atoms. The van der Waals surface area contributed by atoms with E-state index in [1.54, 1.807) is 26.8 Å². The minimum atomic E-state index is -4.54. The minimum Gasteiger partial charge on any atom is -0.444 e. The van der Waals surface area contributed by atoms with Crippen LogP contribution in [0.25, 0.3) is 11.3 Å². The quantitative estimate of drug-likeness (QED) is 0.570. The zero-order valence-electron chi connectivity index (χ0n) is 19.3. The standard InChI is InChI=1S/C23H26F4N4O3/c1-21(2,3)34-20(33)31-12-15(24)10-22(31,4)19(32)8-6-16-9-17(30-13-29-16)14-5-7-18(28-11-14)23(25,26)27/h5,7,9,11,13,15H,6,8,10,12H2,1-4H3/t15-,22+/m1/s1. The molecule has 2 aromatic heterocycles. The van der Waals surface area contributed by atoms with Crippen molar-refractivity contribution in [3.8, 4) is 11.3 Å². The van der Waals surface area contributed by atoms with Crippen molar-refractivity contribution in [2.24, 2.45) is 0 Å². The molecule has 7 nitrogen and oxygen atoms in total. The number of carbonyl (C=O) groups excluding carboxylic acids is 2. The first-order chi connectivity index (χ1) is 15.7. The number of amides is 1. The third-order valence-electron chi connectivity index (χ3n) is 5.49. The molecule has 184 valence electrons. The maximum atomic E-state index is 14.2. The molecular formula is C23H26F4N4O3. The Labute approximate surface area is 194 Å². The molecule has 1 fully saturated rings. The molecule has 34 heavy (non-hydrogen) atoms. The first-order valence-corrected chi connectivity index (χ1v) is 10.7. The highest BCUT2D eigenvalue weighted by molar-refractivity contribution is 5.92. The molecule has 1 amide bonds. The zero-order valence-corrected chi connectivity index (χ0v) is 19.3. The Morgan fingerprint density at radius 2 is 1.88 bits per heavy atom. The molecule has 2 aromatic rings. The van der Waals surface area contributed by atoms with Crippen LogP contribution in [0.5, 0.6) is 0 Å². The van der Waals surface area contributed by atoms with Crippen LogP contribution in [-0.4, -0.2) is 55.6 Å². The number of halogens is 4. The lowest BCUT2D eigenvalue weighted by atomic mass is 9.89. The summed E-state index contributed by atoms with van der Waals surface area (Å²) in [6.45, 7) is 6.36. The molecule has 0 saturated carbocycles. The number of nitrogens with zero attached hydrogens (tertiary/aromatic N) is 4. The number of ether oxygens (including phenoxy) is 1. The van der Waals surface area contributed by atoms with E-state index in [9.17, 15) is 27.2 Å². The van der Waals surface area contributed by atoms with Crippen LogP contribution in [0.3, 0.4) is 0 Å². The molecule has 3 rings (SSSR count). The number of hydrogen-bond donors (Lipinski definition) is 0. The lowest BCUT2D eigenvalue weighted by Gasteiger charge is -2.34. The van der Waals surface area contributed by atoms with Gasteiger partial charge in [0.1, 0.15) is 29.3 Å². The average Bonchev–Trinajstić information content (AvgIpc) is 3.06. The lowest BCUT2D eigenvalue weighted by molar-refractivity contribution is -0.141. The normalized spacial score (nSPS) is 20.9. The lowest BCUT2D eigenvalue weighted by Crippen LogP contribution is -2.52. The Hall–Kier alpha value is -3.11. The summed E-state index contributed by atoms with van der Waals surface area (Å²) in [5.74, 6) is -0.338. The predicted octanol–water partition coefficient (Wildman–Crippen LogP) is 4.80. The number of alkyl halides is 4. The highest BCUT2D eigenvalue weighted by atomic mass is 19.4. The van der Waals surface area contributed by atoms with Crippen molar-refractivity contribution in [1.82, 2.24) is 19.9 Å². The van der Waals surface area contributed by atoms with Crippen LogP contribution in [0.2, 0.25) is 0 Å². The maximum Gasteiger partial charge on any atom is 0.433 e. The number of pyridine rings is 1. The molecule has 0 unspecified atom stereocenters. The van der Waals surface area contributed by atoms with Gasteiger partial charge in [0.25, 0.3) is 0 Å². The van der Waals surface area contributed by atoms with E-state index in [4.69, 9.17) is 4.74 Å². The van der Waals surface area contributed by atoms with Crippen molar-refractivity contribution in [3.05, 3.63) is 42.1 Å². The number of hydrogen-bond acceptors (Lipinski definition) is 6. The molecular weight excluding hydrogens is 456 g/mol. The smallest absolute Gasteiger partial charge is 0.433 e. The van der Waals surface area contributed by atoms with Crippen molar-refractivity contribution in [3.63, 3.8) is 0 Å². The average molecular weight is 482 g/mol. The van der Waals surface area contributed by atoms with Gasteiger partial charge in [0.05, 0.1) is 12.2 Å². The number of ketones is 1. The second-order valence-electron chi connectivity index (χ2n) is 9.41. The van der Waals surface area contributed by atoms with Crippen LogP contribution in [0.1, 0.15) is 51.9 Å². The van der Waals surface area contributed by atoms with E-state index >= 15 is 0 Å². The Kier molecular flexibility index (Phi) is 6.95. The van der Waals surface area contributed by atoms with Gasteiger partial charge in [0.2, 0.25) is 0 Å². The minimum absolute atomic E-state index is 0.0236. The van der Waals surface area contributed by atoms with Gasteiger partial charge in [-0.05, 0) is 52.3 Å². The van der Waals surface area contributed by atoms with Crippen LogP contribution in [0.4, 0.5) is 22.4 Å². The second-order valence-corrected chi connectivity index (χ2v) is 9.41. The topological polar surface area (TPSA) is 85.3 Å². The summed E-state index contributed by atoms with van der Waals surface area (Å²) in [5, 5.41) is 0. The monoisotopic (exact) mass is 482 g/mol. The highest BCUT2D eigenvalue weighted by Gasteiger charge is 2.50. The van der Waals surface area contributed by atoms with E-state index in [2.05, 4.69) is 15.0 Å². The number of Topliss-reactive ketones (excluding diaryl/α,β-unsaturated/α-hetero) is 1. The van der Waals surface area contributed by atoms with E-state index in [0.29, 0.717) is 17.0 Å². The Bertz CT molecular complexity index is 1050. The zero-order chi connectivity index (χ0) is 25.3. The first-order valence-electron chi connectivity index (χ1n) is 10.7. The largest absolute Gasteiger partial charge is 0.444 e. The summed E-state index contributed by atoms with van der Waals surface area (Å²) in [6.07, 6.45) is -4.30. The summed E-state index contributed by atoms with van der Waals surface area (Å²) in [5.41, 5.74) is -1.97. The third kappa shape index (κ3) is 5.87. The first kappa shape index (κ1) is 25.5. The fourth-order valence-corrected chi connectivity index (χ4v) is 3.78. The summed E-state index contributed by atoms with van der Waals surface area (Å²) >= 11 is 0. The number of carbonyl (C=O) groups is 2. The molecule has 0 N–H and O–H groups in total. The van der Waals surface area contributed by atoms with Gasteiger partial charge < -0.3 is 4.74 Å². The van der Waals surface area contributed by atoms with Crippen LogP contribution in [0.15, 0.2) is 30.7 Å². The predicted molar refractivity (Wildman–Crippen MR) is 114 cm³/mol. The molecule has 11 heteroatoms. The molecule has 2 atom stereocenters. The van der Waals surface area contributed by atoms with E-state index in [0.717, 1.165) is 17.2 Å². The van der Waals surface area contributed by atoms with Crippen LogP contribution in [0, 0.1) is 0 Å². The van der Waals surface area contributed by atoms with Gasteiger partial charge in [-0.15, -0.1) is 0 Å². The molecule has 0 aromatic carbocycles. The van der Waals surface area contributed by atoms with Crippen molar-refractivity contribution in [2.45, 2.75) is 70.4 Å². The summed E-state index contributed by atoms with van der Waals surface area (Å²) < 4.78 is 57.8.